The number of aliphatic hydroxyl groups is 1. The van der Waals surface area contributed by atoms with Gasteiger partial charge in [-0.15, -0.1) is 0 Å². The van der Waals surface area contributed by atoms with E-state index in [1.807, 2.05) is 0 Å². The first kappa shape index (κ1) is 40.3. The van der Waals surface area contributed by atoms with E-state index in [-0.39, 0.29) is 5.91 Å². The van der Waals surface area contributed by atoms with Crippen molar-refractivity contribution in [1.82, 2.24) is 5.32 Å². The molecular formula is C34H69NO5S. The molecule has 0 spiro atoms. The molecule has 7 heteroatoms. The van der Waals surface area contributed by atoms with Gasteiger partial charge in [-0.2, -0.15) is 8.42 Å². The summed E-state index contributed by atoms with van der Waals surface area (Å²) in [5, 5.41) is 13.3. The van der Waals surface area contributed by atoms with Crippen molar-refractivity contribution in [2.45, 2.75) is 206 Å². The fourth-order valence-electron chi connectivity index (χ4n) is 5.63. The molecular weight excluding hydrogens is 534 g/mol. The molecule has 0 radical (unpaired) electrons. The van der Waals surface area contributed by atoms with Crippen LogP contribution in [0.3, 0.4) is 0 Å². The average Bonchev–Trinajstić information content (AvgIpc) is 2.92. The Morgan fingerprint density at radius 2 is 0.878 bits per heavy atom. The summed E-state index contributed by atoms with van der Waals surface area (Å²) in [7, 11) is -4.29. The molecule has 0 saturated carbocycles. The summed E-state index contributed by atoms with van der Waals surface area (Å²) in [6.07, 6.45) is 31.9. The van der Waals surface area contributed by atoms with Gasteiger partial charge in [-0.25, -0.2) is 0 Å². The van der Waals surface area contributed by atoms with E-state index in [1.54, 1.807) is 0 Å². The van der Waals surface area contributed by atoms with Gasteiger partial charge in [0.1, 0.15) is 0 Å². The zero-order chi connectivity index (χ0) is 30.4. The fraction of sp³-hybridized carbons (Fsp3) is 0.971. The van der Waals surface area contributed by atoms with Crippen LogP contribution in [0.4, 0.5) is 0 Å². The molecule has 0 aromatic carbocycles. The van der Waals surface area contributed by atoms with Gasteiger partial charge in [0.05, 0.1) is 17.9 Å². The Bertz CT molecular complexity index is 670. The van der Waals surface area contributed by atoms with Crippen LogP contribution in [0.2, 0.25) is 0 Å². The summed E-state index contributed by atoms with van der Waals surface area (Å²) in [6, 6.07) is -0.961. The molecule has 0 bridgehead atoms. The highest BCUT2D eigenvalue weighted by Gasteiger charge is 2.26. The maximum absolute atomic E-state index is 12.4. The Morgan fingerprint density at radius 1 is 0.561 bits per heavy atom. The van der Waals surface area contributed by atoms with Gasteiger partial charge >= 0.3 is 0 Å². The van der Waals surface area contributed by atoms with Gasteiger partial charge in [0.15, 0.2) is 0 Å². The third-order valence-corrected chi connectivity index (χ3v) is 9.09. The predicted octanol–water partition coefficient (Wildman–Crippen LogP) is 9.68. The van der Waals surface area contributed by atoms with E-state index in [1.165, 1.54) is 128 Å². The van der Waals surface area contributed by atoms with E-state index in [4.69, 9.17) is 0 Å². The Kier molecular flexibility index (Phi) is 28.9. The highest BCUT2D eigenvalue weighted by molar-refractivity contribution is 7.85. The second-order valence-electron chi connectivity index (χ2n) is 12.5. The first-order chi connectivity index (χ1) is 19.8. The second-order valence-corrected chi connectivity index (χ2v) is 14.0. The Labute approximate surface area is 255 Å². The monoisotopic (exact) mass is 603 g/mol. The van der Waals surface area contributed by atoms with Crippen LogP contribution in [0.1, 0.15) is 194 Å². The number of hydrogen-bond donors (Lipinski definition) is 3. The van der Waals surface area contributed by atoms with Gasteiger partial charge in [-0.3, -0.25) is 9.35 Å². The topological polar surface area (TPSA) is 104 Å². The van der Waals surface area contributed by atoms with Crippen LogP contribution in [-0.4, -0.2) is 41.9 Å². The molecule has 3 N–H and O–H groups in total. The van der Waals surface area contributed by atoms with Crippen molar-refractivity contribution in [3.8, 4) is 0 Å². The second kappa shape index (κ2) is 29.4. The van der Waals surface area contributed by atoms with Crippen LogP contribution in [0.25, 0.3) is 0 Å². The molecule has 2 atom stereocenters. The van der Waals surface area contributed by atoms with Crippen LogP contribution in [0.5, 0.6) is 0 Å². The average molecular weight is 604 g/mol. The van der Waals surface area contributed by atoms with Crippen molar-refractivity contribution >= 4 is 16.0 Å². The number of carbonyl (C=O) groups is 1. The van der Waals surface area contributed by atoms with Crippen LogP contribution < -0.4 is 5.32 Å². The zero-order valence-electron chi connectivity index (χ0n) is 27.2. The first-order valence-electron chi connectivity index (χ1n) is 17.7. The molecule has 0 aliphatic rings. The number of rotatable bonds is 32. The summed E-state index contributed by atoms with van der Waals surface area (Å²) in [5.74, 6) is -0.886. The summed E-state index contributed by atoms with van der Waals surface area (Å²) >= 11 is 0. The van der Waals surface area contributed by atoms with E-state index in [9.17, 15) is 22.9 Å². The van der Waals surface area contributed by atoms with E-state index in [0.717, 1.165) is 38.5 Å². The third-order valence-electron chi connectivity index (χ3n) is 8.31. The predicted molar refractivity (Wildman–Crippen MR) is 175 cm³/mol. The van der Waals surface area contributed by atoms with E-state index >= 15 is 0 Å². The molecule has 246 valence electrons. The van der Waals surface area contributed by atoms with E-state index in [0.29, 0.717) is 12.8 Å². The molecule has 0 rings (SSSR count). The minimum absolute atomic E-state index is 0.244. The van der Waals surface area contributed by atoms with Gasteiger partial charge in [0.2, 0.25) is 5.91 Å². The van der Waals surface area contributed by atoms with Crippen molar-refractivity contribution in [1.29, 1.82) is 0 Å². The van der Waals surface area contributed by atoms with Gasteiger partial charge in [0, 0.05) is 6.42 Å². The van der Waals surface area contributed by atoms with Gasteiger partial charge < -0.3 is 10.4 Å². The van der Waals surface area contributed by atoms with Gasteiger partial charge in [-0.1, -0.05) is 174 Å². The van der Waals surface area contributed by atoms with Crippen LogP contribution in [0.15, 0.2) is 0 Å². The number of unbranched alkanes of at least 4 members (excludes halogenated alkanes) is 24. The lowest BCUT2D eigenvalue weighted by molar-refractivity contribution is -0.122. The van der Waals surface area contributed by atoms with Gasteiger partial charge in [0.25, 0.3) is 10.1 Å². The van der Waals surface area contributed by atoms with Crippen molar-refractivity contribution in [3.63, 3.8) is 0 Å². The molecule has 0 fully saturated rings. The minimum atomic E-state index is -4.29. The summed E-state index contributed by atoms with van der Waals surface area (Å²) in [4.78, 5) is 12.4. The van der Waals surface area contributed by atoms with Gasteiger partial charge in [-0.05, 0) is 12.8 Å². The summed E-state index contributed by atoms with van der Waals surface area (Å²) in [6.45, 7) is 4.49. The molecule has 0 heterocycles. The normalized spacial score (nSPS) is 13.4. The molecule has 1 amide bonds. The SMILES string of the molecule is CCCCCCCCCCCCCCCCCC(=O)NC(CS(=O)(=O)O)C(O)CCCCCCCCCCCCC. The third kappa shape index (κ3) is 30.6. The molecule has 6 nitrogen and oxygen atoms in total. The Morgan fingerprint density at radius 3 is 1.22 bits per heavy atom. The van der Waals surface area contributed by atoms with Crippen molar-refractivity contribution < 1.29 is 22.9 Å². The Hall–Kier alpha value is -0.660. The van der Waals surface area contributed by atoms with Crippen molar-refractivity contribution in [2.24, 2.45) is 0 Å². The molecule has 0 aromatic heterocycles. The first-order valence-corrected chi connectivity index (χ1v) is 19.3. The highest BCUT2D eigenvalue weighted by atomic mass is 32.2. The summed E-state index contributed by atoms with van der Waals surface area (Å²) in [5.41, 5.74) is 0. The lowest BCUT2D eigenvalue weighted by Crippen LogP contribution is -2.47. The number of aliphatic hydroxyl groups excluding tert-OH is 1. The smallest absolute Gasteiger partial charge is 0.266 e. The number of carbonyl (C=O) groups excluding carboxylic acids is 1. The lowest BCUT2D eigenvalue weighted by Gasteiger charge is -2.23. The molecule has 2 unspecified atom stereocenters. The largest absolute Gasteiger partial charge is 0.391 e. The zero-order valence-corrected chi connectivity index (χ0v) is 28.0. The molecule has 0 aliphatic carbocycles. The maximum Gasteiger partial charge on any atom is 0.266 e. The van der Waals surface area contributed by atoms with Crippen molar-refractivity contribution in [2.75, 3.05) is 5.75 Å². The fourth-order valence-corrected chi connectivity index (χ4v) is 6.39. The molecule has 0 aromatic rings. The quantitative estimate of drug-likeness (QED) is 0.0524. The summed E-state index contributed by atoms with van der Waals surface area (Å²) < 4.78 is 32.3. The lowest BCUT2D eigenvalue weighted by atomic mass is 10.0. The molecule has 0 saturated heterocycles. The molecule has 41 heavy (non-hydrogen) atoms. The van der Waals surface area contributed by atoms with Crippen molar-refractivity contribution in [3.05, 3.63) is 0 Å². The Balaban J connectivity index is 3.89. The molecule has 0 aliphatic heterocycles. The number of hydrogen-bond acceptors (Lipinski definition) is 4. The minimum Gasteiger partial charge on any atom is -0.391 e. The van der Waals surface area contributed by atoms with E-state index < -0.39 is 28.0 Å². The standard InChI is InChI=1S/C34H69NO5S/c1-3-5-7-9-11-13-15-16-17-18-20-22-24-26-28-30-34(37)35-32(31-41(38,39)40)33(36)29-27-25-23-21-19-14-12-10-8-6-4-2/h32-33,36H,3-31H2,1-2H3,(H,35,37)(H,38,39,40). The van der Waals surface area contributed by atoms with Crippen LogP contribution in [-0.2, 0) is 14.9 Å². The van der Waals surface area contributed by atoms with Crippen LogP contribution >= 0.6 is 0 Å². The maximum atomic E-state index is 12.4. The number of nitrogens with one attached hydrogen (secondary N) is 1. The number of amides is 1. The van der Waals surface area contributed by atoms with Crippen LogP contribution in [0, 0.1) is 0 Å². The van der Waals surface area contributed by atoms with E-state index in [2.05, 4.69) is 19.2 Å². The highest BCUT2D eigenvalue weighted by Crippen LogP contribution is 2.16.